The van der Waals surface area contributed by atoms with E-state index in [0.717, 1.165) is 17.7 Å². The van der Waals surface area contributed by atoms with Crippen LogP contribution in [0.4, 0.5) is 8.78 Å². The van der Waals surface area contributed by atoms with Gasteiger partial charge in [-0.2, -0.15) is 5.10 Å². The largest absolute Gasteiger partial charge is 0.480 e. The molecule has 0 bridgehead atoms. The van der Waals surface area contributed by atoms with E-state index in [-0.39, 0.29) is 23.7 Å². The van der Waals surface area contributed by atoms with E-state index in [1.165, 1.54) is 15.6 Å². The van der Waals surface area contributed by atoms with Crippen LogP contribution in [-0.2, 0) is 23.7 Å². The second kappa shape index (κ2) is 13.7. The number of nitrogens with zero attached hydrogens (tertiary/aromatic N) is 6. The summed E-state index contributed by atoms with van der Waals surface area (Å²) in [5.41, 5.74) is 1.28. The fourth-order valence-corrected chi connectivity index (χ4v) is 6.42. The first-order chi connectivity index (χ1) is 23.6. The van der Waals surface area contributed by atoms with Crippen molar-refractivity contribution < 1.29 is 37.6 Å². The molecule has 0 aliphatic carbocycles. The van der Waals surface area contributed by atoms with E-state index in [2.05, 4.69) is 20.4 Å². The third kappa shape index (κ3) is 6.65. The molecular weight excluding hydrogens is 709 g/mol. The van der Waals surface area contributed by atoms with Crippen LogP contribution in [0.15, 0.2) is 66.9 Å². The summed E-state index contributed by atoms with van der Waals surface area (Å²) in [6, 6.07) is 15.1. The van der Waals surface area contributed by atoms with Gasteiger partial charge in [-0.25, -0.2) is 27.9 Å². The Morgan fingerprint density at radius 2 is 1.82 bits per heavy atom. The fraction of sp³-hybridized carbons (Fsp3) is 0.281. The molecule has 0 spiro atoms. The maximum atomic E-state index is 14.4. The molecule has 2 aliphatic rings. The Hall–Kier alpha value is -4.02. The smallest absolute Gasteiger partial charge is 0.329 e. The highest BCUT2D eigenvalue weighted by Gasteiger charge is 2.54. The average Bonchev–Trinajstić information content (AvgIpc) is 3.73. The molecule has 17 heteroatoms. The number of rotatable bonds is 8. The van der Waals surface area contributed by atoms with E-state index >= 15 is 0 Å². The number of ether oxygens (including phenoxy) is 4. The van der Waals surface area contributed by atoms with Crippen LogP contribution in [0.3, 0.4) is 0 Å². The molecule has 5 aromatic rings. The summed E-state index contributed by atoms with van der Waals surface area (Å²) in [4.78, 5) is 16.5. The summed E-state index contributed by atoms with van der Waals surface area (Å²) >= 11 is 18.6. The molecule has 7 rings (SSSR count). The molecule has 0 unspecified atom stereocenters. The van der Waals surface area contributed by atoms with Crippen molar-refractivity contribution in [2.45, 2.75) is 43.7 Å². The van der Waals surface area contributed by atoms with Crippen LogP contribution in [0.1, 0.15) is 35.6 Å². The molecule has 2 fully saturated rings. The van der Waals surface area contributed by atoms with E-state index in [1.807, 2.05) is 30.3 Å². The molecular formula is C32H25Cl3F2N6O6. The molecule has 2 saturated heterocycles. The lowest BCUT2D eigenvalue weighted by Gasteiger charge is -2.48. The molecule has 0 radical (unpaired) electrons. The Balaban J connectivity index is 1.36. The van der Waals surface area contributed by atoms with Crippen LogP contribution >= 0.6 is 34.8 Å². The van der Waals surface area contributed by atoms with E-state index in [1.54, 1.807) is 25.1 Å². The minimum atomic E-state index is -1.25. The lowest BCUT2D eigenvalue weighted by Crippen LogP contribution is -2.57. The summed E-state index contributed by atoms with van der Waals surface area (Å²) in [7, 11) is 0. The number of hydrogen-bond donors (Lipinski definition) is 1. The third-order valence-electron chi connectivity index (χ3n) is 8.05. The van der Waals surface area contributed by atoms with Crippen LogP contribution in [0, 0.1) is 18.6 Å². The van der Waals surface area contributed by atoms with Crippen molar-refractivity contribution in [3.63, 3.8) is 0 Å². The summed E-state index contributed by atoms with van der Waals surface area (Å²) in [6.45, 7) is 0.973. The van der Waals surface area contributed by atoms with Gasteiger partial charge in [-0.05, 0) is 37.3 Å². The monoisotopic (exact) mass is 732 g/mol. The topological polar surface area (TPSA) is 136 Å². The predicted octanol–water partition coefficient (Wildman–Crippen LogP) is 6.34. The van der Waals surface area contributed by atoms with Crippen molar-refractivity contribution in [1.29, 1.82) is 0 Å². The number of carbonyl (C=O) groups is 1. The van der Waals surface area contributed by atoms with Gasteiger partial charge in [0.05, 0.1) is 23.5 Å². The second-order valence-electron chi connectivity index (χ2n) is 11.3. The van der Waals surface area contributed by atoms with Crippen LogP contribution in [0.2, 0.25) is 15.1 Å². The molecule has 6 atom stereocenters. The first-order valence-electron chi connectivity index (χ1n) is 14.8. The first kappa shape index (κ1) is 33.5. The number of aromatic nitrogens is 6. The number of hydrogen-bond acceptors (Lipinski definition) is 9. The van der Waals surface area contributed by atoms with Crippen LogP contribution in [0.25, 0.3) is 16.9 Å². The summed E-state index contributed by atoms with van der Waals surface area (Å²) in [5.74, 6) is -2.65. The zero-order valence-corrected chi connectivity index (χ0v) is 27.6. The number of fused-ring (bicyclic) bond motifs is 1. The molecule has 12 nitrogen and oxygen atoms in total. The maximum absolute atomic E-state index is 14.4. The Labute approximate surface area is 292 Å². The highest BCUT2D eigenvalue weighted by molar-refractivity contribution is 6.34. The normalized spacial score (nSPS) is 23.7. The van der Waals surface area contributed by atoms with E-state index < -0.39 is 66.0 Å². The Morgan fingerprint density at radius 1 is 1.06 bits per heavy atom. The molecule has 1 N–H and O–H groups in total. The molecule has 3 aromatic carbocycles. The molecule has 4 heterocycles. The quantitative estimate of drug-likeness (QED) is 0.180. The number of halogens is 5. The molecule has 0 amide bonds. The van der Waals surface area contributed by atoms with Crippen molar-refractivity contribution in [2.24, 2.45) is 0 Å². The minimum absolute atomic E-state index is 0.0447. The molecule has 49 heavy (non-hydrogen) atoms. The highest BCUT2D eigenvalue weighted by Crippen LogP contribution is 2.46. The van der Waals surface area contributed by atoms with Crippen molar-refractivity contribution in [1.82, 2.24) is 29.8 Å². The van der Waals surface area contributed by atoms with Crippen molar-refractivity contribution >= 4 is 40.8 Å². The molecule has 0 saturated carbocycles. The predicted molar refractivity (Wildman–Crippen MR) is 171 cm³/mol. The molecule has 2 aromatic heterocycles. The number of aryl methyl sites for hydroxylation is 1. The SMILES string of the molecule is Cc1nc([C@@H]2O[C@@H]3CO[C@H](c4ccccc4)O[C@@H]3[C@H](n3cc(-c4cc(F)c(Cl)c(F)c4)nn3)[C@H]2OCC(=O)O)n(-c2cc(Cl)ccc2Cl)n1. The van der Waals surface area contributed by atoms with E-state index in [9.17, 15) is 18.7 Å². The summed E-state index contributed by atoms with van der Waals surface area (Å²) < 4.78 is 57.0. The van der Waals surface area contributed by atoms with Gasteiger partial charge in [-0.1, -0.05) is 70.3 Å². The third-order valence-corrected chi connectivity index (χ3v) is 8.96. The van der Waals surface area contributed by atoms with Gasteiger partial charge in [0, 0.05) is 16.1 Å². The summed E-state index contributed by atoms with van der Waals surface area (Å²) in [6.07, 6.45) is -3.30. The standard InChI is InChI=1S/C32H25Cl3F2N6O6/c1-15-38-31(43(40-15)23-11-18(33)7-8-19(23)34)30-29(46-14-25(44)45)27(28-24(48-30)13-47-32(49-28)16-5-3-2-4-6-16)42-12-22(39-41-42)17-9-20(36)26(35)21(37)10-17/h2-12,24,27-30,32H,13-14H2,1H3,(H,44,45)/t24-,27+,28+,29-,30-,32+/m1/s1. The Morgan fingerprint density at radius 3 is 2.55 bits per heavy atom. The molecule has 2 aliphatic heterocycles. The van der Waals surface area contributed by atoms with Crippen LogP contribution < -0.4 is 0 Å². The minimum Gasteiger partial charge on any atom is -0.480 e. The van der Waals surface area contributed by atoms with Gasteiger partial charge in [0.2, 0.25) is 0 Å². The number of benzene rings is 3. The lowest BCUT2D eigenvalue weighted by atomic mass is 9.90. The van der Waals surface area contributed by atoms with Gasteiger partial charge in [0.15, 0.2) is 12.1 Å². The van der Waals surface area contributed by atoms with Gasteiger partial charge < -0.3 is 24.1 Å². The number of carboxylic acid groups (broad SMARTS) is 1. The van der Waals surface area contributed by atoms with Crippen molar-refractivity contribution in [3.05, 3.63) is 111 Å². The second-order valence-corrected chi connectivity index (χ2v) is 12.5. The van der Waals surface area contributed by atoms with E-state index in [4.69, 9.17) is 53.8 Å². The lowest BCUT2D eigenvalue weighted by molar-refractivity contribution is -0.322. The first-order valence-corrected chi connectivity index (χ1v) is 16.0. The number of aliphatic carboxylic acids is 1. The average molecular weight is 734 g/mol. The summed E-state index contributed by atoms with van der Waals surface area (Å²) in [5, 5.41) is 22.8. The van der Waals surface area contributed by atoms with Crippen LogP contribution in [-0.4, -0.2) is 72.4 Å². The van der Waals surface area contributed by atoms with Crippen molar-refractivity contribution in [2.75, 3.05) is 13.2 Å². The van der Waals surface area contributed by atoms with Gasteiger partial charge in [0.25, 0.3) is 0 Å². The fourth-order valence-electron chi connectivity index (χ4n) is 5.94. The Bertz CT molecular complexity index is 1990. The highest BCUT2D eigenvalue weighted by atomic mass is 35.5. The number of carboxylic acids is 1. The van der Waals surface area contributed by atoms with Gasteiger partial charge in [-0.3, -0.25) is 0 Å². The Kier molecular flexibility index (Phi) is 9.37. The van der Waals surface area contributed by atoms with Gasteiger partial charge in [0.1, 0.15) is 65.2 Å². The van der Waals surface area contributed by atoms with Crippen LogP contribution in [0.5, 0.6) is 0 Å². The van der Waals surface area contributed by atoms with Gasteiger partial charge >= 0.3 is 5.97 Å². The van der Waals surface area contributed by atoms with Crippen molar-refractivity contribution in [3.8, 4) is 16.9 Å². The maximum Gasteiger partial charge on any atom is 0.329 e. The van der Waals surface area contributed by atoms with Gasteiger partial charge in [-0.15, -0.1) is 5.10 Å². The zero-order valence-electron chi connectivity index (χ0n) is 25.3. The molecule has 254 valence electrons. The van der Waals surface area contributed by atoms with E-state index in [0.29, 0.717) is 21.6 Å². The zero-order chi connectivity index (χ0) is 34.4.